The van der Waals surface area contributed by atoms with Crippen LogP contribution in [0.3, 0.4) is 0 Å². The van der Waals surface area contributed by atoms with Crippen molar-refractivity contribution in [2.45, 2.75) is 110 Å². The zero-order chi connectivity index (χ0) is 25.4. The van der Waals surface area contributed by atoms with Crippen molar-refractivity contribution in [1.29, 1.82) is 0 Å². The van der Waals surface area contributed by atoms with E-state index in [1.165, 1.54) is 32.1 Å². The van der Waals surface area contributed by atoms with E-state index < -0.39 is 34.6 Å². The standard InChI is InChI=1S/C30H39F5/c1-3-5-7-8-10-11-20-13-15-21(16-14-20)28-27(33)19-24(29(34)30(28)35)22-17-25(31)23(26(32)18-22)12-9-6-4-2/h17-21H,3-16H2,1-2H3. The van der Waals surface area contributed by atoms with Gasteiger partial charge in [-0.1, -0.05) is 65.2 Å². The van der Waals surface area contributed by atoms with Crippen molar-refractivity contribution in [3.8, 4) is 11.1 Å². The Labute approximate surface area is 207 Å². The fourth-order valence-corrected chi connectivity index (χ4v) is 5.52. The Kier molecular flexibility index (Phi) is 10.6. The molecule has 0 amide bonds. The summed E-state index contributed by atoms with van der Waals surface area (Å²) in [6, 6.07) is 2.86. The highest BCUT2D eigenvalue weighted by Crippen LogP contribution is 2.42. The van der Waals surface area contributed by atoms with Gasteiger partial charge >= 0.3 is 0 Å². The molecule has 0 saturated heterocycles. The van der Waals surface area contributed by atoms with Crippen molar-refractivity contribution in [3.63, 3.8) is 0 Å². The molecule has 35 heavy (non-hydrogen) atoms. The van der Waals surface area contributed by atoms with E-state index >= 15 is 13.2 Å². The highest BCUT2D eigenvalue weighted by atomic mass is 19.2. The van der Waals surface area contributed by atoms with Gasteiger partial charge in [0.05, 0.1) is 0 Å². The van der Waals surface area contributed by atoms with Gasteiger partial charge in [0.2, 0.25) is 0 Å². The van der Waals surface area contributed by atoms with Crippen LogP contribution >= 0.6 is 0 Å². The number of rotatable bonds is 12. The van der Waals surface area contributed by atoms with Crippen LogP contribution in [-0.4, -0.2) is 0 Å². The normalized spacial score (nSPS) is 18.3. The molecule has 0 N–H and O–H groups in total. The minimum absolute atomic E-state index is 0.0673. The van der Waals surface area contributed by atoms with Gasteiger partial charge < -0.3 is 0 Å². The largest absolute Gasteiger partial charge is 0.207 e. The summed E-state index contributed by atoms with van der Waals surface area (Å²) in [5.41, 5.74) is -0.914. The van der Waals surface area contributed by atoms with Crippen LogP contribution in [0.25, 0.3) is 11.1 Å². The van der Waals surface area contributed by atoms with Gasteiger partial charge in [-0.25, -0.2) is 22.0 Å². The highest BCUT2D eigenvalue weighted by molar-refractivity contribution is 5.66. The number of unbranched alkanes of at least 4 members (excludes halogenated alkanes) is 6. The molecule has 194 valence electrons. The number of halogens is 5. The SMILES string of the molecule is CCCCCCCC1CCC(c2c(F)cc(-c3cc(F)c(CCCCC)c(F)c3)c(F)c2F)CC1. The molecule has 3 rings (SSSR count). The van der Waals surface area contributed by atoms with Crippen LogP contribution in [0.15, 0.2) is 18.2 Å². The summed E-state index contributed by atoms with van der Waals surface area (Å²) >= 11 is 0. The van der Waals surface area contributed by atoms with Gasteiger partial charge in [0.1, 0.15) is 17.5 Å². The summed E-state index contributed by atoms with van der Waals surface area (Å²) in [7, 11) is 0. The van der Waals surface area contributed by atoms with Crippen LogP contribution in [0, 0.1) is 35.0 Å². The van der Waals surface area contributed by atoms with E-state index in [0.29, 0.717) is 25.2 Å². The quantitative estimate of drug-likeness (QED) is 0.156. The lowest BCUT2D eigenvalue weighted by atomic mass is 9.76. The second-order valence-corrected chi connectivity index (χ2v) is 10.2. The Balaban J connectivity index is 1.72. The molecule has 0 aliphatic heterocycles. The molecule has 1 aliphatic carbocycles. The molecule has 1 aliphatic rings. The fourth-order valence-electron chi connectivity index (χ4n) is 5.52. The smallest absolute Gasteiger partial charge is 0.167 e. The first-order valence-electron chi connectivity index (χ1n) is 13.5. The van der Waals surface area contributed by atoms with Crippen LogP contribution in [0.5, 0.6) is 0 Å². The number of hydrogen-bond acceptors (Lipinski definition) is 0. The molecule has 1 saturated carbocycles. The van der Waals surface area contributed by atoms with Crippen LogP contribution in [0.1, 0.15) is 114 Å². The Morgan fingerprint density at radius 3 is 1.89 bits per heavy atom. The molecule has 5 heteroatoms. The summed E-state index contributed by atoms with van der Waals surface area (Å²) in [4.78, 5) is 0. The van der Waals surface area contributed by atoms with E-state index in [4.69, 9.17) is 0 Å². The molecule has 0 aromatic heterocycles. The Bertz CT molecular complexity index is 937. The third kappa shape index (κ3) is 7.07. The molecular weight excluding hydrogens is 455 g/mol. The van der Waals surface area contributed by atoms with E-state index in [1.807, 2.05) is 6.92 Å². The van der Waals surface area contributed by atoms with Gasteiger partial charge in [0.15, 0.2) is 11.6 Å². The first kappa shape index (κ1) is 27.7. The molecule has 2 aromatic rings. The fraction of sp³-hybridized carbons (Fsp3) is 0.600. The third-order valence-electron chi connectivity index (χ3n) is 7.65. The summed E-state index contributed by atoms with van der Waals surface area (Å²) in [6.45, 7) is 4.18. The van der Waals surface area contributed by atoms with Crippen LogP contribution in [0.4, 0.5) is 22.0 Å². The zero-order valence-electron chi connectivity index (χ0n) is 21.2. The first-order chi connectivity index (χ1) is 16.9. The van der Waals surface area contributed by atoms with Crippen LogP contribution in [0.2, 0.25) is 0 Å². The molecule has 0 unspecified atom stereocenters. The maximum absolute atomic E-state index is 15.1. The lowest BCUT2D eigenvalue weighted by Crippen LogP contribution is -2.16. The van der Waals surface area contributed by atoms with E-state index in [2.05, 4.69) is 6.92 Å². The average Bonchev–Trinajstić information content (AvgIpc) is 2.84. The minimum atomic E-state index is -1.24. The van der Waals surface area contributed by atoms with Gasteiger partial charge in [-0.15, -0.1) is 0 Å². The monoisotopic (exact) mass is 494 g/mol. The molecular formula is C30H39F5. The number of benzene rings is 2. The van der Waals surface area contributed by atoms with Crippen molar-refractivity contribution in [2.75, 3.05) is 0 Å². The summed E-state index contributed by atoms with van der Waals surface area (Å²) in [6.07, 6.45) is 12.9. The molecule has 2 aromatic carbocycles. The van der Waals surface area contributed by atoms with E-state index in [0.717, 1.165) is 50.3 Å². The second kappa shape index (κ2) is 13.4. The van der Waals surface area contributed by atoms with E-state index in [9.17, 15) is 8.78 Å². The zero-order valence-corrected chi connectivity index (χ0v) is 21.2. The second-order valence-electron chi connectivity index (χ2n) is 10.2. The lowest BCUT2D eigenvalue weighted by molar-refractivity contribution is 0.292. The predicted molar refractivity (Wildman–Crippen MR) is 133 cm³/mol. The van der Waals surface area contributed by atoms with Crippen molar-refractivity contribution in [3.05, 3.63) is 58.4 Å². The molecule has 0 atom stereocenters. The summed E-state index contributed by atoms with van der Waals surface area (Å²) < 4.78 is 74.3. The van der Waals surface area contributed by atoms with E-state index in [1.54, 1.807) is 0 Å². The molecule has 1 fully saturated rings. The molecule has 0 radical (unpaired) electrons. The predicted octanol–water partition coefficient (Wildman–Crippen LogP) is 10.4. The van der Waals surface area contributed by atoms with E-state index in [-0.39, 0.29) is 29.0 Å². The van der Waals surface area contributed by atoms with Gasteiger partial charge in [0, 0.05) is 16.7 Å². The highest BCUT2D eigenvalue weighted by Gasteiger charge is 2.30. The third-order valence-corrected chi connectivity index (χ3v) is 7.65. The Morgan fingerprint density at radius 2 is 1.26 bits per heavy atom. The van der Waals surface area contributed by atoms with Crippen LogP contribution in [-0.2, 0) is 6.42 Å². The number of hydrogen-bond donors (Lipinski definition) is 0. The van der Waals surface area contributed by atoms with Crippen LogP contribution < -0.4 is 0 Å². The molecule has 0 bridgehead atoms. The Hall–Kier alpha value is -1.91. The Morgan fingerprint density at radius 1 is 0.657 bits per heavy atom. The maximum Gasteiger partial charge on any atom is 0.167 e. The summed E-state index contributed by atoms with van der Waals surface area (Å²) in [5.74, 6) is -4.74. The van der Waals surface area contributed by atoms with Crippen molar-refractivity contribution in [1.82, 2.24) is 0 Å². The van der Waals surface area contributed by atoms with Crippen molar-refractivity contribution >= 4 is 0 Å². The van der Waals surface area contributed by atoms with Gasteiger partial charge in [0.25, 0.3) is 0 Å². The van der Waals surface area contributed by atoms with Gasteiger partial charge in [-0.3, -0.25) is 0 Å². The van der Waals surface area contributed by atoms with Crippen molar-refractivity contribution < 1.29 is 22.0 Å². The van der Waals surface area contributed by atoms with Crippen molar-refractivity contribution in [2.24, 2.45) is 5.92 Å². The molecule has 0 heterocycles. The van der Waals surface area contributed by atoms with Gasteiger partial charge in [-0.05, 0) is 74.1 Å². The summed E-state index contributed by atoms with van der Waals surface area (Å²) in [5, 5.41) is 0. The first-order valence-corrected chi connectivity index (χ1v) is 13.5. The maximum atomic E-state index is 15.1. The molecule has 0 spiro atoms. The average molecular weight is 495 g/mol. The molecule has 0 nitrogen and oxygen atoms in total. The lowest BCUT2D eigenvalue weighted by Gasteiger charge is -2.29. The minimum Gasteiger partial charge on any atom is -0.207 e. The topological polar surface area (TPSA) is 0 Å². The van der Waals surface area contributed by atoms with Gasteiger partial charge in [-0.2, -0.15) is 0 Å².